The number of fused-ring (bicyclic) bond motifs is 1. The maximum absolute atomic E-state index is 6.99. The van der Waals surface area contributed by atoms with Gasteiger partial charge in [-0.15, -0.1) is 0 Å². The molecule has 0 saturated heterocycles. The Kier molecular flexibility index (Phi) is 10.9. The fourth-order valence-electron chi connectivity index (χ4n) is 4.35. The second-order valence-electron chi connectivity index (χ2n) is 10.9. The molecule has 0 saturated carbocycles. The van der Waals surface area contributed by atoms with Crippen molar-refractivity contribution in [1.29, 1.82) is 0 Å². The number of thioether (sulfide) groups is 1. The van der Waals surface area contributed by atoms with E-state index >= 15 is 0 Å². The topological polar surface area (TPSA) is 9.23 Å². The molecule has 30 heavy (non-hydrogen) atoms. The molecule has 0 bridgehead atoms. The first-order valence-electron chi connectivity index (χ1n) is 12.5. The van der Waals surface area contributed by atoms with Crippen LogP contribution in [0.5, 0.6) is 0 Å². The summed E-state index contributed by atoms with van der Waals surface area (Å²) in [5.74, 6) is 1.23. The molecule has 2 heterocycles. The quantitative estimate of drug-likeness (QED) is 0.230. The van der Waals surface area contributed by atoms with Gasteiger partial charge in [0, 0.05) is 0 Å². The fourth-order valence-corrected chi connectivity index (χ4v) is 28.0. The maximum atomic E-state index is 6.99. The fraction of sp³-hybridized carbons (Fsp3) is 0.840. The molecule has 1 aromatic rings. The Hall–Kier alpha value is 1.03. The van der Waals surface area contributed by atoms with Gasteiger partial charge in [-0.25, -0.2) is 0 Å². The summed E-state index contributed by atoms with van der Waals surface area (Å²) >= 11 is 2.00. The molecule has 0 aliphatic carbocycles. The van der Waals surface area contributed by atoms with Crippen LogP contribution in [0.3, 0.4) is 0 Å². The summed E-state index contributed by atoms with van der Waals surface area (Å²) < 4.78 is 15.2. The van der Waals surface area contributed by atoms with Crippen molar-refractivity contribution in [3.05, 3.63) is 11.6 Å². The summed E-state index contributed by atoms with van der Waals surface area (Å²) in [7, 11) is -1.75. The monoisotopic (exact) mass is 576 g/mol. The van der Waals surface area contributed by atoms with E-state index in [-0.39, 0.29) is 5.04 Å². The van der Waals surface area contributed by atoms with Crippen molar-refractivity contribution in [3.63, 3.8) is 0 Å². The third kappa shape index (κ3) is 6.77. The van der Waals surface area contributed by atoms with Gasteiger partial charge >= 0.3 is 203 Å². The van der Waals surface area contributed by atoms with E-state index < -0.39 is 26.7 Å². The van der Waals surface area contributed by atoms with Crippen LogP contribution < -0.4 is 2.89 Å². The molecule has 1 nitrogen and oxygen atoms in total. The van der Waals surface area contributed by atoms with E-state index in [0.717, 1.165) is 0 Å². The predicted octanol–water partition coefficient (Wildman–Crippen LogP) is 9.36. The van der Waals surface area contributed by atoms with Gasteiger partial charge in [-0.1, -0.05) is 0 Å². The number of hydrogen-bond acceptors (Lipinski definition) is 3. The second kappa shape index (κ2) is 11.9. The SMILES string of the molecule is CCC[CH2][Sn]([CH2]CCC)([CH2]CCC)[c]1cc2c(s1)SCCC2O[Si](C)(C)C(C)(C)C. The van der Waals surface area contributed by atoms with E-state index in [2.05, 4.69) is 83.8 Å². The van der Waals surface area contributed by atoms with Crippen molar-refractivity contribution in [3.8, 4) is 0 Å². The summed E-state index contributed by atoms with van der Waals surface area (Å²) in [6.07, 6.45) is 9.95. The van der Waals surface area contributed by atoms with Gasteiger partial charge in [0.2, 0.25) is 0 Å². The zero-order valence-electron chi connectivity index (χ0n) is 21.2. The third-order valence-corrected chi connectivity index (χ3v) is 32.7. The van der Waals surface area contributed by atoms with Gasteiger partial charge in [-0.2, -0.15) is 0 Å². The average molecular weight is 576 g/mol. The van der Waals surface area contributed by atoms with Crippen molar-refractivity contribution in [2.45, 2.75) is 128 Å². The molecule has 2 rings (SSSR count). The van der Waals surface area contributed by atoms with Gasteiger partial charge in [-0.05, 0) is 0 Å². The molecule has 1 aromatic heterocycles. The van der Waals surface area contributed by atoms with Crippen molar-refractivity contribution in [2.75, 3.05) is 5.75 Å². The summed E-state index contributed by atoms with van der Waals surface area (Å²) in [6.45, 7) is 19.1. The van der Waals surface area contributed by atoms with Crippen LogP contribution >= 0.6 is 23.1 Å². The molecule has 1 unspecified atom stereocenters. The normalized spacial score (nSPS) is 17.9. The molecule has 0 N–H and O–H groups in total. The van der Waals surface area contributed by atoms with E-state index in [1.54, 1.807) is 23.1 Å². The van der Waals surface area contributed by atoms with Crippen molar-refractivity contribution >= 4 is 52.7 Å². The number of thiophene rings is 1. The number of rotatable bonds is 12. The van der Waals surface area contributed by atoms with Crippen molar-refractivity contribution in [2.24, 2.45) is 0 Å². The molecule has 1 aliphatic rings. The average Bonchev–Trinajstić information content (AvgIpc) is 3.12. The molecule has 0 fully saturated rings. The molecule has 1 atom stereocenters. The molecule has 0 aromatic carbocycles. The van der Waals surface area contributed by atoms with Gasteiger partial charge in [-0.3, -0.25) is 0 Å². The van der Waals surface area contributed by atoms with Crippen LogP contribution in [0.15, 0.2) is 10.3 Å². The molecule has 174 valence electrons. The molecule has 0 spiro atoms. The van der Waals surface area contributed by atoms with Crippen LogP contribution in [0, 0.1) is 0 Å². The van der Waals surface area contributed by atoms with E-state index in [1.807, 2.05) is 2.89 Å². The molecular weight excluding hydrogens is 527 g/mol. The Morgan fingerprint density at radius 3 is 2.00 bits per heavy atom. The molecule has 0 amide bonds. The Balaban J connectivity index is 2.39. The van der Waals surface area contributed by atoms with Crippen LogP contribution in [0.25, 0.3) is 0 Å². The van der Waals surface area contributed by atoms with Crippen molar-refractivity contribution in [1.82, 2.24) is 0 Å². The van der Waals surface area contributed by atoms with E-state index in [1.165, 1.54) is 50.7 Å². The summed E-state index contributed by atoms with van der Waals surface area (Å²) in [6, 6.07) is 2.71. The standard InChI is InChI=1S/C13H21OS2Si.3C4H9.Sn/c1-13(2,3)17(4,5)14-11-7-9-16-12-10(11)6-8-15-12;3*1-3-4-2;/h6,11H,7,9H2,1-5H3;3*1,3-4H2,2H3;. The summed E-state index contributed by atoms with van der Waals surface area (Å²) in [5.41, 5.74) is 1.58. The third-order valence-electron chi connectivity index (χ3n) is 7.48. The van der Waals surface area contributed by atoms with Crippen LogP contribution in [0.2, 0.25) is 31.4 Å². The Bertz CT molecular complexity index is 628. The van der Waals surface area contributed by atoms with E-state index in [9.17, 15) is 0 Å². The first-order valence-corrected chi connectivity index (χ1v) is 24.7. The second-order valence-corrected chi connectivity index (χ2v) is 32.3. The Labute approximate surface area is 201 Å². The van der Waals surface area contributed by atoms with Crippen molar-refractivity contribution < 1.29 is 4.43 Å². The molecule has 5 heteroatoms. The Morgan fingerprint density at radius 1 is 1.00 bits per heavy atom. The number of unbranched alkanes of at least 4 members (excludes halogenated alkanes) is 3. The van der Waals surface area contributed by atoms with E-state index in [0.29, 0.717) is 6.10 Å². The predicted molar refractivity (Wildman–Crippen MR) is 145 cm³/mol. The van der Waals surface area contributed by atoms with Crippen LogP contribution in [0.4, 0.5) is 0 Å². The molecular formula is C25H48OS2SiSn. The minimum atomic E-state index is -2.34. The molecule has 0 radical (unpaired) electrons. The zero-order chi connectivity index (χ0) is 22.4. The van der Waals surface area contributed by atoms with Crippen LogP contribution in [-0.4, -0.2) is 32.4 Å². The van der Waals surface area contributed by atoms with E-state index in [4.69, 9.17) is 4.43 Å². The van der Waals surface area contributed by atoms with Gasteiger partial charge in [0.05, 0.1) is 0 Å². The Morgan fingerprint density at radius 2 is 1.53 bits per heavy atom. The minimum absolute atomic E-state index is 0.281. The van der Waals surface area contributed by atoms with Crippen LogP contribution in [-0.2, 0) is 4.43 Å². The van der Waals surface area contributed by atoms with Gasteiger partial charge in [0.1, 0.15) is 0 Å². The summed E-state index contributed by atoms with van der Waals surface area (Å²) in [4.78, 5) is 0. The summed E-state index contributed by atoms with van der Waals surface area (Å²) in [5, 5.41) is 0.281. The zero-order valence-corrected chi connectivity index (χ0v) is 26.6. The van der Waals surface area contributed by atoms with Gasteiger partial charge in [0.25, 0.3) is 0 Å². The van der Waals surface area contributed by atoms with Gasteiger partial charge < -0.3 is 0 Å². The van der Waals surface area contributed by atoms with Crippen LogP contribution in [0.1, 0.15) is 98.2 Å². The first kappa shape index (κ1) is 27.3. The van der Waals surface area contributed by atoms with Gasteiger partial charge in [0.15, 0.2) is 0 Å². The first-order chi connectivity index (χ1) is 14.1. The molecule has 1 aliphatic heterocycles. The number of hydrogen-bond donors (Lipinski definition) is 0.